The summed E-state index contributed by atoms with van der Waals surface area (Å²) in [6.45, 7) is 19.7. The van der Waals surface area contributed by atoms with Crippen LogP contribution in [0.4, 0.5) is 0 Å². The molecule has 0 aromatic heterocycles. The molecule has 0 radical (unpaired) electrons. The van der Waals surface area contributed by atoms with Crippen LogP contribution in [0.25, 0.3) is 0 Å². The van der Waals surface area contributed by atoms with Gasteiger partial charge >= 0.3 is 11.9 Å². The van der Waals surface area contributed by atoms with E-state index in [1.807, 2.05) is 13.8 Å². The average molecular weight is 575 g/mol. The van der Waals surface area contributed by atoms with Crippen molar-refractivity contribution < 1.29 is 28.5 Å². The molecular formula is C35H58O6. The van der Waals surface area contributed by atoms with Gasteiger partial charge in [0.1, 0.15) is 12.2 Å². The van der Waals surface area contributed by atoms with Gasteiger partial charge in [0.25, 0.3) is 0 Å². The number of carbonyl (C=O) groups is 2. The van der Waals surface area contributed by atoms with Crippen molar-refractivity contribution in [2.24, 2.45) is 58.2 Å². The third kappa shape index (κ3) is 5.63. The minimum atomic E-state index is -0.383. The van der Waals surface area contributed by atoms with Gasteiger partial charge in [-0.2, -0.15) is 0 Å². The van der Waals surface area contributed by atoms with E-state index in [1.54, 1.807) is 0 Å². The van der Waals surface area contributed by atoms with E-state index in [-0.39, 0.29) is 29.6 Å². The van der Waals surface area contributed by atoms with Gasteiger partial charge in [-0.15, -0.1) is 0 Å². The highest BCUT2D eigenvalue weighted by Crippen LogP contribution is 2.67. The van der Waals surface area contributed by atoms with Crippen molar-refractivity contribution in [1.82, 2.24) is 0 Å². The van der Waals surface area contributed by atoms with Crippen molar-refractivity contribution in [3.05, 3.63) is 0 Å². The third-order valence-corrected chi connectivity index (χ3v) is 13.1. The molecule has 2 aliphatic heterocycles. The zero-order chi connectivity index (χ0) is 29.7. The van der Waals surface area contributed by atoms with E-state index in [1.165, 1.54) is 32.1 Å². The van der Waals surface area contributed by atoms with E-state index in [2.05, 4.69) is 41.5 Å². The molecule has 3 saturated carbocycles. The molecule has 5 rings (SSSR count). The fraction of sp³-hybridized carbons (Fsp3) is 0.943. The van der Waals surface area contributed by atoms with E-state index in [4.69, 9.17) is 18.9 Å². The summed E-state index contributed by atoms with van der Waals surface area (Å²) >= 11 is 0. The molecule has 0 unspecified atom stereocenters. The zero-order valence-corrected chi connectivity index (χ0v) is 27.2. The first kappa shape index (κ1) is 31.3. The molecule has 2 heterocycles. The zero-order valence-electron chi connectivity index (χ0n) is 27.2. The van der Waals surface area contributed by atoms with Gasteiger partial charge in [0.15, 0.2) is 0 Å². The molecule has 2 saturated heterocycles. The van der Waals surface area contributed by atoms with Crippen LogP contribution in [-0.2, 0) is 28.5 Å². The highest BCUT2D eigenvalue weighted by molar-refractivity contribution is 5.70. The quantitative estimate of drug-likeness (QED) is 0.214. The van der Waals surface area contributed by atoms with Gasteiger partial charge in [-0.05, 0) is 96.7 Å². The number of hydrogen-bond acceptors (Lipinski definition) is 6. The average Bonchev–Trinajstić information content (AvgIpc) is 3.65. The Hall–Kier alpha value is -1.14. The summed E-state index contributed by atoms with van der Waals surface area (Å²) in [7, 11) is 0. The Morgan fingerprint density at radius 3 is 2.15 bits per heavy atom. The Balaban J connectivity index is 1.34. The summed E-state index contributed by atoms with van der Waals surface area (Å²) in [5, 5.41) is 0. The summed E-state index contributed by atoms with van der Waals surface area (Å²) in [5.74, 6) is 4.20. The Kier molecular flexibility index (Phi) is 9.23. The van der Waals surface area contributed by atoms with Crippen LogP contribution in [0.15, 0.2) is 0 Å². The maximum Gasteiger partial charge on any atom is 0.305 e. The van der Waals surface area contributed by atoms with E-state index in [0.29, 0.717) is 90.8 Å². The predicted octanol–water partition coefficient (Wildman–Crippen LogP) is 7.22. The molecule has 234 valence electrons. The fourth-order valence-electron chi connectivity index (χ4n) is 10.7. The number of rotatable bonds is 9. The minimum Gasteiger partial charge on any atom is -0.458 e. The van der Waals surface area contributed by atoms with E-state index in [0.717, 1.165) is 13.0 Å². The first-order valence-corrected chi connectivity index (χ1v) is 17.1. The van der Waals surface area contributed by atoms with Crippen LogP contribution in [-0.4, -0.2) is 49.6 Å². The van der Waals surface area contributed by atoms with Crippen molar-refractivity contribution in [3.63, 3.8) is 0 Å². The van der Waals surface area contributed by atoms with Gasteiger partial charge in [-0.1, -0.05) is 61.8 Å². The molecule has 0 aromatic rings. The van der Waals surface area contributed by atoms with Crippen molar-refractivity contribution in [3.8, 4) is 0 Å². The lowest BCUT2D eigenvalue weighted by atomic mass is 9.48. The SMILES string of the molecule is CCC(=O)O[C@H]1C[C@@H]2COC[C@@H]3[C@H](CC[C@]4(C)[C@@H]([C@H](C)[C@H]5O[C@@H]5[C@@H](CC)C(C)C)CC[C@@H]34)[C@@]2(C)C[C@H]1OC(=O)CC. The first-order valence-electron chi connectivity index (χ1n) is 17.1. The fourth-order valence-corrected chi connectivity index (χ4v) is 10.7. The van der Waals surface area contributed by atoms with Gasteiger partial charge in [0.2, 0.25) is 0 Å². The molecule has 5 aliphatic rings. The number of ether oxygens (including phenoxy) is 4. The van der Waals surface area contributed by atoms with Crippen LogP contribution in [0.2, 0.25) is 0 Å². The lowest BCUT2D eigenvalue weighted by molar-refractivity contribution is -0.187. The second-order valence-electron chi connectivity index (χ2n) is 15.3. The maximum atomic E-state index is 12.5. The van der Waals surface area contributed by atoms with Crippen molar-refractivity contribution >= 4 is 11.9 Å². The van der Waals surface area contributed by atoms with Crippen LogP contribution in [0.3, 0.4) is 0 Å². The maximum absolute atomic E-state index is 12.5. The molecule has 0 amide bonds. The molecule has 0 aromatic carbocycles. The molecule has 0 bridgehead atoms. The van der Waals surface area contributed by atoms with Crippen molar-refractivity contribution in [1.29, 1.82) is 0 Å². The smallest absolute Gasteiger partial charge is 0.305 e. The Labute approximate surface area is 249 Å². The predicted molar refractivity (Wildman–Crippen MR) is 159 cm³/mol. The molecule has 41 heavy (non-hydrogen) atoms. The lowest BCUT2D eigenvalue weighted by Crippen LogP contribution is -2.55. The van der Waals surface area contributed by atoms with Gasteiger partial charge < -0.3 is 18.9 Å². The summed E-state index contributed by atoms with van der Waals surface area (Å²) in [6.07, 6.45) is 8.45. The van der Waals surface area contributed by atoms with Crippen LogP contribution >= 0.6 is 0 Å². The Bertz CT molecular complexity index is 949. The normalized spacial score (nSPS) is 45.0. The molecule has 5 fully saturated rings. The van der Waals surface area contributed by atoms with Crippen LogP contribution in [0, 0.1) is 58.2 Å². The molecule has 0 spiro atoms. The molecule has 6 heteroatoms. The Morgan fingerprint density at radius 2 is 1.51 bits per heavy atom. The number of fused-ring (bicyclic) bond motifs is 5. The number of carbonyl (C=O) groups excluding carboxylic acids is 2. The van der Waals surface area contributed by atoms with Crippen LogP contribution in [0.1, 0.15) is 113 Å². The number of epoxide rings is 1. The third-order valence-electron chi connectivity index (χ3n) is 13.1. The van der Waals surface area contributed by atoms with E-state index in [9.17, 15) is 9.59 Å². The Morgan fingerprint density at radius 1 is 0.854 bits per heavy atom. The van der Waals surface area contributed by atoms with Crippen LogP contribution < -0.4 is 0 Å². The molecule has 13 atom stereocenters. The first-order chi connectivity index (χ1) is 19.5. The number of esters is 2. The summed E-state index contributed by atoms with van der Waals surface area (Å²) in [6, 6.07) is 0. The van der Waals surface area contributed by atoms with Gasteiger partial charge in [0, 0.05) is 19.4 Å². The summed E-state index contributed by atoms with van der Waals surface area (Å²) < 4.78 is 24.9. The largest absolute Gasteiger partial charge is 0.458 e. The highest BCUT2D eigenvalue weighted by Gasteiger charge is 2.63. The van der Waals surface area contributed by atoms with Crippen LogP contribution in [0.5, 0.6) is 0 Å². The number of hydrogen-bond donors (Lipinski definition) is 0. The van der Waals surface area contributed by atoms with Gasteiger partial charge in [0.05, 0.1) is 18.8 Å². The van der Waals surface area contributed by atoms with Gasteiger partial charge in [-0.25, -0.2) is 0 Å². The van der Waals surface area contributed by atoms with Gasteiger partial charge in [-0.3, -0.25) is 9.59 Å². The highest BCUT2D eigenvalue weighted by atomic mass is 16.6. The lowest BCUT2D eigenvalue weighted by Gasteiger charge is -2.57. The summed E-state index contributed by atoms with van der Waals surface area (Å²) in [4.78, 5) is 24.8. The molecule has 3 aliphatic carbocycles. The molecular weight excluding hydrogens is 516 g/mol. The van der Waals surface area contributed by atoms with Crippen molar-refractivity contribution in [2.45, 2.75) is 138 Å². The minimum absolute atomic E-state index is 0.00365. The monoisotopic (exact) mass is 574 g/mol. The summed E-state index contributed by atoms with van der Waals surface area (Å²) in [5.41, 5.74) is 0.314. The second kappa shape index (κ2) is 12.1. The molecule has 0 N–H and O–H groups in total. The van der Waals surface area contributed by atoms with Crippen molar-refractivity contribution in [2.75, 3.05) is 13.2 Å². The van der Waals surface area contributed by atoms with E-state index < -0.39 is 0 Å². The second-order valence-corrected chi connectivity index (χ2v) is 15.3. The molecule has 6 nitrogen and oxygen atoms in total. The van der Waals surface area contributed by atoms with E-state index >= 15 is 0 Å². The topological polar surface area (TPSA) is 74.4 Å². The standard InChI is InChI=1S/C35H58O6/c1-9-23(20(4)5)33-32(41-33)21(6)25-12-13-26-24-19-38-18-22-16-28(39-30(36)10-2)29(40-31(37)11-3)17-35(22,8)27(24)14-15-34(25,26)7/h20-29,32-33H,9-19H2,1-8H3/t21-,22+,23-,24-,25+,26-,27-,28-,29+,32+,33+,34+,35-/m0/s1.